The standard InChI is InChI=1S/C14H14F4N2/c15-12-5-4-9(6-11(12)14(16,17)18)8-20-13-3-1-2-10(13)7-19/h4-6,10,13,20H,1-3,8H2. The van der Waals surface area contributed by atoms with Gasteiger partial charge in [-0.15, -0.1) is 0 Å². The molecular formula is C14H14F4N2. The van der Waals surface area contributed by atoms with Crippen molar-refractivity contribution in [2.45, 2.75) is 38.0 Å². The number of nitrogens with one attached hydrogen (secondary N) is 1. The number of rotatable bonds is 3. The number of hydrogen-bond acceptors (Lipinski definition) is 2. The molecule has 0 radical (unpaired) electrons. The molecule has 0 saturated heterocycles. The quantitative estimate of drug-likeness (QED) is 0.861. The number of halogens is 4. The van der Waals surface area contributed by atoms with Crippen molar-refractivity contribution < 1.29 is 17.6 Å². The molecule has 1 saturated carbocycles. The molecule has 20 heavy (non-hydrogen) atoms. The van der Waals surface area contributed by atoms with Crippen molar-refractivity contribution in [3.05, 3.63) is 35.1 Å². The summed E-state index contributed by atoms with van der Waals surface area (Å²) in [5.41, 5.74) is -0.887. The summed E-state index contributed by atoms with van der Waals surface area (Å²) in [5, 5.41) is 12.0. The summed E-state index contributed by atoms with van der Waals surface area (Å²) >= 11 is 0. The Morgan fingerprint density at radius 2 is 2.05 bits per heavy atom. The monoisotopic (exact) mass is 286 g/mol. The molecule has 2 nitrogen and oxygen atoms in total. The summed E-state index contributed by atoms with van der Waals surface area (Å²) in [7, 11) is 0. The fourth-order valence-corrected chi connectivity index (χ4v) is 2.51. The fraction of sp³-hybridized carbons (Fsp3) is 0.500. The van der Waals surface area contributed by atoms with Crippen LogP contribution in [0.1, 0.15) is 30.4 Å². The van der Waals surface area contributed by atoms with Gasteiger partial charge >= 0.3 is 6.18 Å². The SMILES string of the molecule is N#CC1CCCC1NCc1ccc(F)c(C(F)(F)F)c1. The third-order valence-electron chi connectivity index (χ3n) is 3.59. The van der Waals surface area contributed by atoms with Gasteiger partial charge < -0.3 is 5.32 Å². The van der Waals surface area contributed by atoms with E-state index in [-0.39, 0.29) is 18.5 Å². The first-order valence-electron chi connectivity index (χ1n) is 6.40. The second kappa shape index (κ2) is 5.80. The number of alkyl halides is 3. The zero-order valence-electron chi connectivity index (χ0n) is 10.7. The van der Waals surface area contributed by atoms with Crippen molar-refractivity contribution in [1.82, 2.24) is 5.32 Å². The Morgan fingerprint density at radius 1 is 1.30 bits per heavy atom. The minimum Gasteiger partial charge on any atom is -0.309 e. The second-order valence-corrected chi connectivity index (χ2v) is 4.97. The molecule has 0 heterocycles. The van der Waals surface area contributed by atoms with Crippen LogP contribution in [0.25, 0.3) is 0 Å². The van der Waals surface area contributed by atoms with Gasteiger partial charge in [-0.2, -0.15) is 18.4 Å². The van der Waals surface area contributed by atoms with Gasteiger partial charge in [0.15, 0.2) is 0 Å². The molecule has 108 valence electrons. The first kappa shape index (κ1) is 14.8. The van der Waals surface area contributed by atoms with Crippen LogP contribution in [0.4, 0.5) is 17.6 Å². The van der Waals surface area contributed by atoms with E-state index in [1.165, 1.54) is 6.07 Å². The van der Waals surface area contributed by atoms with Crippen LogP contribution < -0.4 is 5.32 Å². The van der Waals surface area contributed by atoms with Gasteiger partial charge in [0.25, 0.3) is 0 Å². The molecule has 0 aliphatic heterocycles. The number of nitrogens with zero attached hydrogens (tertiary/aromatic N) is 1. The van der Waals surface area contributed by atoms with Gasteiger partial charge in [0.1, 0.15) is 5.82 Å². The van der Waals surface area contributed by atoms with Crippen molar-refractivity contribution in [1.29, 1.82) is 5.26 Å². The zero-order valence-corrected chi connectivity index (χ0v) is 10.7. The highest BCUT2D eigenvalue weighted by Gasteiger charge is 2.34. The van der Waals surface area contributed by atoms with Gasteiger partial charge in [-0.25, -0.2) is 4.39 Å². The van der Waals surface area contributed by atoms with Crippen LogP contribution in [0.2, 0.25) is 0 Å². The average Bonchev–Trinajstić information content (AvgIpc) is 2.84. The van der Waals surface area contributed by atoms with E-state index in [0.717, 1.165) is 31.4 Å². The van der Waals surface area contributed by atoms with Gasteiger partial charge in [0, 0.05) is 12.6 Å². The summed E-state index contributed by atoms with van der Waals surface area (Å²) in [4.78, 5) is 0. The Morgan fingerprint density at radius 3 is 2.70 bits per heavy atom. The fourth-order valence-electron chi connectivity index (χ4n) is 2.51. The molecule has 0 aromatic heterocycles. The largest absolute Gasteiger partial charge is 0.419 e. The molecule has 1 fully saturated rings. The molecule has 0 spiro atoms. The lowest BCUT2D eigenvalue weighted by molar-refractivity contribution is -0.140. The highest BCUT2D eigenvalue weighted by atomic mass is 19.4. The lowest BCUT2D eigenvalue weighted by Crippen LogP contribution is -2.31. The summed E-state index contributed by atoms with van der Waals surface area (Å²) < 4.78 is 50.9. The maximum atomic E-state index is 13.1. The average molecular weight is 286 g/mol. The van der Waals surface area contributed by atoms with Gasteiger partial charge in [0.2, 0.25) is 0 Å². The lowest BCUT2D eigenvalue weighted by Gasteiger charge is -2.16. The molecule has 1 aromatic carbocycles. The Balaban J connectivity index is 2.06. The Hall–Kier alpha value is -1.61. The summed E-state index contributed by atoms with van der Waals surface area (Å²) in [6, 6.07) is 5.17. The van der Waals surface area contributed by atoms with E-state index in [2.05, 4.69) is 11.4 Å². The van der Waals surface area contributed by atoms with Crippen LogP contribution in [-0.2, 0) is 12.7 Å². The summed E-state index contributed by atoms with van der Waals surface area (Å²) in [6.07, 6.45) is -2.10. The molecule has 0 amide bonds. The highest BCUT2D eigenvalue weighted by Crippen LogP contribution is 2.32. The van der Waals surface area contributed by atoms with E-state index in [4.69, 9.17) is 5.26 Å². The van der Waals surface area contributed by atoms with E-state index in [1.54, 1.807) is 0 Å². The maximum Gasteiger partial charge on any atom is 0.419 e. The lowest BCUT2D eigenvalue weighted by atomic mass is 10.0. The third kappa shape index (κ3) is 3.28. The van der Waals surface area contributed by atoms with E-state index in [0.29, 0.717) is 5.56 Å². The van der Waals surface area contributed by atoms with Crippen molar-refractivity contribution >= 4 is 0 Å². The van der Waals surface area contributed by atoms with Crippen molar-refractivity contribution in [2.24, 2.45) is 5.92 Å². The predicted molar refractivity (Wildman–Crippen MR) is 65.0 cm³/mol. The first-order valence-corrected chi connectivity index (χ1v) is 6.40. The zero-order chi connectivity index (χ0) is 14.8. The van der Waals surface area contributed by atoms with Crippen LogP contribution >= 0.6 is 0 Å². The normalized spacial score (nSPS) is 22.8. The molecular weight excluding hydrogens is 272 g/mol. The van der Waals surface area contributed by atoms with Crippen molar-refractivity contribution in [2.75, 3.05) is 0 Å². The van der Waals surface area contributed by atoms with Crippen LogP contribution in [0.15, 0.2) is 18.2 Å². The topological polar surface area (TPSA) is 35.8 Å². The highest BCUT2D eigenvalue weighted by molar-refractivity contribution is 5.27. The number of nitriles is 1. The van der Waals surface area contributed by atoms with Crippen molar-refractivity contribution in [3.8, 4) is 6.07 Å². The molecule has 2 atom stereocenters. The maximum absolute atomic E-state index is 13.1. The minimum atomic E-state index is -4.69. The molecule has 1 aliphatic rings. The van der Waals surface area contributed by atoms with E-state index >= 15 is 0 Å². The van der Waals surface area contributed by atoms with E-state index in [9.17, 15) is 17.6 Å². The first-order chi connectivity index (χ1) is 9.41. The minimum absolute atomic E-state index is 0.000565. The van der Waals surface area contributed by atoms with Gasteiger partial charge in [-0.3, -0.25) is 0 Å². The molecule has 0 bridgehead atoms. The van der Waals surface area contributed by atoms with Crippen LogP contribution in [0.3, 0.4) is 0 Å². The van der Waals surface area contributed by atoms with Gasteiger partial charge in [0.05, 0.1) is 17.6 Å². The molecule has 2 unspecified atom stereocenters. The second-order valence-electron chi connectivity index (χ2n) is 4.97. The van der Waals surface area contributed by atoms with Crippen LogP contribution in [0, 0.1) is 23.1 Å². The summed E-state index contributed by atoms with van der Waals surface area (Å²) in [5.74, 6) is -1.37. The Labute approximate surface area is 114 Å². The Bertz CT molecular complexity index is 519. The van der Waals surface area contributed by atoms with Gasteiger partial charge in [-0.1, -0.05) is 12.5 Å². The molecule has 1 aromatic rings. The third-order valence-corrected chi connectivity index (χ3v) is 3.59. The molecule has 1 aliphatic carbocycles. The van der Waals surface area contributed by atoms with Crippen molar-refractivity contribution in [3.63, 3.8) is 0 Å². The summed E-state index contributed by atoms with van der Waals surface area (Å²) in [6.45, 7) is 0.201. The van der Waals surface area contributed by atoms with E-state index in [1.807, 2.05) is 0 Å². The Kier molecular flexibility index (Phi) is 4.29. The molecule has 6 heteroatoms. The predicted octanol–water partition coefficient (Wildman–Crippen LogP) is 3.63. The molecule has 2 rings (SSSR count). The van der Waals surface area contributed by atoms with Gasteiger partial charge in [-0.05, 0) is 30.5 Å². The number of hydrogen-bond donors (Lipinski definition) is 1. The van der Waals surface area contributed by atoms with Crippen LogP contribution in [-0.4, -0.2) is 6.04 Å². The smallest absolute Gasteiger partial charge is 0.309 e. The molecule has 1 N–H and O–H groups in total. The van der Waals surface area contributed by atoms with E-state index < -0.39 is 17.6 Å². The van der Waals surface area contributed by atoms with Crippen LogP contribution in [0.5, 0.6) is 0 Å². The number of benzene rings is 1.